The predicted molar refractivity (Wildman–Crippen MR) is 112 cm³/mol. The number of amides is 2. The van der Waals surface area contributed by atoms with E-state index in [4.69, 9.17) is 19.4 Å². The normalized spacial score (nSPS) is 14.2. The first kappa shape index (κ1) is 22.4. The molecule has 0 bridgehead atoms. The van der Waals surface area contributed by atoms with Crippen LogP contribution in [0.1, 0.15) is 40.4 Å². The van der Waals surface area contributed by atoms with Gasteiger partial charge in [-0.25, -0.2) is 14.8 Å². The Morgan fingerprint density at radius 3 is 2.58 bits per heavy atom. The van der Waals surface area contributed by atoms with Gasteiger partial charge in [-0.3, -0.25) is 9.63 Å². The van der Waals surface area contributed by atoms with Gasteiger partial charge < -0.3 is 19.5 Å². The number of rotatable bonds is 7. The molecule has 1 aliphatic rings. The predicted octanol–water partition coefficient (Wildman–Crippen LogP) is 3.16. The van der Waals surface area contributed by atoms with Crippen molar-refractivity contribution in [1.29, 1.82) is 0 Å². The second kappa shape index (κ2) is 10.1. The zero-order chi connectivity index (χ0) is 22.4. The fourth-order valence-electron chi connectivity index (χ4n) is 3.52. The van der Waals surface area contributed by atoms with Crippen molar-refractivity contribution in [3.63, 3.8) is 0 Å². The van der Waals surface area contributed by atoms with Gasteiger partial charge in [0.1, 0.15) is 12.4 Å². The van der Waals surface area contributed by atoms with Crippen LogP contribution >= 0.6 is 0 Å². The maximum Gasteiger partial charge on any atom is 0.407 e. The van der Waals surface area contributed by atoms with Crippen LogP contribution in [0.5, 0.6) is 11.6 Å². The third-order valence-electron chi connectivity index (χ3n) is 5.40. The molecule has 1 aliphatic heterocycles. The van der Waals surface area contributed by atoms with Crippen molar-refractivity contribution in [2.75, 3.05) is 34.4 Å². The number of ether oxygens (including phenoxy) is 2. The molecule has 3 rings (SSSR count). The summed E-state index contributed by atoms with van der Waals surface area (Å²) in [4.78, 5) is 34.3. The SMILES string of the molecule is COc1cc(C(=O)N(C)OC)ccc1COc1cccc(C2CCN(C(=O)O)CC2)n1. The highest BCUT2D eigenvalue weighted by Crippen LogP contribution is 2.28. The number of hydrogen-bond donors (Lipinski definition) is 1. The lowest BCUT2D eigenvalue weighted by atomic mass is 9.93. The van der Waals surface area contributed by atoms with E-state index in [9.17, 15) is 9.59 Å². The van der Waals surface area contributed by atoms with Gasteiger partial charge in [-0.2, -0.15) is 0 Å². The van der Waals surface area contributed by atoms with E-state index in [-0.39, 0.29) is 18.4 Å². The van der Waals surface area contributed by atoms with Crippen molar-refractivity contribution in [3.05, 3.63) is 53.2 Å². The minimum absolute atomic E-state index is 0.205. The summed E-state index contributed by atoms with van der Waals surface area (Å²) in [7, 11) is 4.50. The first-order valence-electron chi connectivity index (χ1n) is 9.99. The highest BCUT2D eigenvalue weighted by molar-refractivity contribution is 5.93. The lowest BCUT2D eigenvalue weighted by molar-refractivity contribution is -0.0757. The third-order valence-corrected chi connectivity index (χ3v) is 5.40. The molecule has 166 valence electrons. The Bertz CT molecular complexity index is 927. The van der Waals surface area contributed by atoms with Crippen LogP contribution in [0.15, 0.2) is 36.4 Å². The van der Waals surface area contributed by atoms with Crippen molar-refractivity contribution < 1.29 is 29.0 Å². The summed E-state index contributed by atoms with van der Waals surface area (Å²) in [5, 5.41) is 10.2. The fraction of sp³-hybridized carbons (Fsp3) is 0.409. The Hall–Kier alpha value is -3.33. The molecule has 1 aromatic carbocycles. The molecule has 0 unspecified atom stereocenters. The number of aromatic nitrogens is 1. The molecule has 0 aliphatic carbocycles. The van der Waals surface area contributed by atoms with Crippen LogP contribution in [0.2, 0.25) is 0 Å². The first-order valence-corrected chi connectivity index (χ1v) is 9.99. The van der Waals surface area contributed by atoms with Gasteiger partial charge in [0.2, 0.25) is 5.88 Å². The molecule has 1 aromatic heterocycles. The van der Waals surface area contributed by atoms with Gasteiger partial charge in [0.25, 0.3) is 5.91 Å². The van der Waals surface area contributed by atoms with Crippen molar-refractivity contribution in [2.45, 2.75) is 25.4 Å². The molecule has 0 atom stereocenters. The van der Waals surface area contributed by atoms with Gasteiger partial charge in [-0.05, 0) is 31.0 Å². The molecule has 2 heterocycles. The summed E-state index contributed by atoms with van der Waals surface area (Å²) >= 11 is 0. The van der Waals surface area contributed by atoms with Crippen molar-refractivity contribution in [1.82, 2.24) is 14.9 Å². The lowest BCUT2D eigenvalue weighted by Gasteiger charge is -2.29. The average molecular weight is 429 g/mol. The highest BCUT2D eigenvalue weighted by Gasteiger charge is 2.24. The maximum absolute atomic E-state index is 12.2. The summed E-state index contributed by atoms with van der Waals surface area (Å²) < 4.78 is 11.3. The molecule has 1 saturated heterocycles. The van der Waals surface area contributed by atoms with Crippen molar-refractivity contribution in [3.8, 4) is 11.6 Å². The summed E-state index contributed by atoms with van der Waals surface area (Å²) in [6.07, 6.45) is 0.600. The van der Waals surface area contributed by atoms with Gasteiger partial charge in [-0.15, -0.1) is 0 Å². The first-order chi connectivity index (χ1) is 14.9. The molecule has 9 heteroatoms. The van der Waals surface area contributed by atoms with Crippen LogP contribution in [0.4, 0.5) is 4.79 Å². The van der Waals surface area contributed by atoms with Crippen LogP contribution in [0, 0.1) is 0 Å². The van der Waals surface area contributed by atoms with Gasteiger partial charge >= 0.3 is 6.09 Å². The number of likely N-dealkylation sites (tertiary alicyclic amines) is 1. The Kier molecular flexibility index (Phi) is 7.30. The van der Waals surface area contributed by atoms with E-state index in [2.05, 4.69) is 4.98 Å². The molecular weight excluding hydrogens is 402 g/mol. The Labute approximate surface area is 181 Å². The zero-order valence-corrected chi connectivity index (χ0v) is 17.9. The molecule has 31 heavy (non-hydrogen) atoms. The third kappa shape index (κ3) is 5.43. The Balaban J connectivity index is 1.66. The highest BCUT2D eigenvalue weighted by atomic mass is 16.7. The fourth-order valence-corrected chi connectivity index (χ4v) is 3.52. The molecule has 9 nitrogen and oxygen atoms in total. The number of piperidine rings is 1. The van der Waals surface area contributed by atoms with Crippen molar-refractivity contribution in [2.24, 2.45) is 0 Å². The number of benzene rings is 1. The Morgan fingerprint density at radius 1 is 1.19 bits per heavy atom. The monoisotopic (exact) mass is 429 g/mol. The summed E-state index contributed by atoms with van der Waals surface area (Å²) in [6, 6.07) is 10.7. The summed E-state index contributed by atoms with van der Waals surface area (Å²) in [5.74, 6) is 0.945. The van der Waals surface area contributed by atoms with Gasteiger partial charge in [0, 0.05) is 48.9 Å². The molecule has 1 N–H and O–H groups in total. The van der Waals surface area contributed by atoms with Crippen LogP contribution in [-0.4, -0.2) is 66.4 Å². The number of carboxylic acid groups (broad SMARTS) is 1. The van der Waals surface area contributed by atoms with Crippen LogP contribution in [0.25, 0.3) is 0 Å². The van der Waals surface area contributed by atoms with E-state index < -0.39 is 6.09 Å². The molecule has 0 radical (unpaired) electrons. The molecule has 0 saturated carbocycles. The summed E-state index contributed by atoms with van der Waals surface area (Å²) in [5.41, 5.74) is 2.12. The standard InChI is InChI=1S/C22H27N3O6/c1-24(30-3)21(26)16-7-8-17(19(13-16)29-2)14-31-20-6-4-5-18(23-20)15-9-11-25(12-10-15)22(27)28/h4-8,13,15H,9-12,14H2,1-3H3,(H,27,28). The van der Waals surface area contributed by atoms with E-state index in [1.165, 1.54) is 26.2 Å². The number of methoxy groups -OCH3 is 1. The minimum Gasteiger partial charge on any atom is -0.496 e. The second-order valence-corrected chi connectivity index (χ2v) is 7.25. The van der Waals surface area contributed by atoms with E-state index >= 15 is 0 Å². The van der Waals surface area contributed by atoms with Crippen LogP contribution < -0.4 is 9.47 Å². The number of hydroxylamine groups is 2. The number of hydrogen-bond acceptors (Lipinski definition) is 6. The average Bonchev–Trinajstić information content (AvgIpc) is 2.81. The van der Waals surface area contributed by atoms with E-state index in [0.29, 0.717) is 30.3 Å². The molecule has 2 aromatic rings. The van der Waals surface area contributed by atoms with E-state index in [1.807, 2.05) is 12.1 Å². The van der Waals surface area contributed by atoms with Crippen molar-refractivity contribution >= 4 is 12.0 Å². The lowest BCUT2D eigenvalue weighted by Crippen LogP contribution is -2.36. The largest absolute Gasteiger partial charge is 0.496 e. The number of nitrogens with zero attached hydrogens (tertiary/aromatic N) is 3. The van der Waals surface area contributed by atoms with Gasteiger partial charge in [0.15, 0.2) is 0 Å². The molecular formula is C22H27N3O6. The molecule has 2 amide bonds. The van der Waals surface area contributed by atoms with Gasteiger partial charge in [-0.1, -0.05) is 12.1 Å². The van der Waals surface area contributed by atoms with E-state index in [0.717, 1.165) is 29.2 Å². The summed E-state index contributed by atoms with van der Waals surface area (Å²) in [6.45, 7) is 1.24. The van der Waals surface area contributed by atoms with Crippen LogP contribution in [0.3, 0.4) is 0 Å². The van der Waals surface area contributed by atoms with E-state index in [1.54, 1.807) is 24.3 Å². The smallest absolute Gasteiger partial charge is 0.407 e. The maximum atomic E-state index is 12.2. The van der Waals surface area contributed by atoms with Gasteiger partial charge in [0.05, 0.1) is 14.2 Å². The number of carbonyl (C=O) groups excluding carboxylic acids is 1. The Morgan fingerprint density at radius 2 is 1.94 bits per heavy atom. The molecule has 1 fully saturated rings. The number of carbonyl (C=O) groups is 2. The quantitative estimate of drug-likeness (QED) is 0.675. The molecule has 0 spiro atoms. The second-order valence-electron chi connectivity index (χ2n) is 7.25. The van der Waals surface area contributed by atoms with Crippen LogP contribution in [-0.2, 0) is 11.4 Å². The zero-order valence-electron chi connectivity index (χ0n) is 17.9. The topological polar surface area (TPSA) is 101 Å². The number of pyridine rings is 1. The minimum atomic E-state index is -0.876.